The minimum Gasteiger partial charge on any atom is -0.374 e. The second-order valence-corrected chi connectivity index (χ2v) is 16.0. The Labute approximate surface area is 287 Å². The SMILES string of the molecule is CC1(C)CC(N2CCCC2)=CC=[N+]1Cc1ccc(C(=O)N2CC3C(c4ccccc4)CC(N4CCCC4)(CC3c3ccccc3)C2)cc1. The number of hydrogen-bond acceptors (Lipinski definition) is 3. The highest BCUT2D eigenvalue weighted by molar-refractivity contribution is 5.94. The van der Waals surface area contributed by atoms with Gasteiger partial charge in [0.25, 0.3) is 5.91 Å². The standard InChI is InChI=1S/C43H53N4O/c1-42(2)27-37(44-22-9-10-23-44)21-26-47(42)30-33-17-19-36(20-18-33)41(48)45-31-40-38(34-13-5-3-6-14-34)28-43(32-45,46-24-11-12-25-46)29-39(40)35-15-7-4-8-16-35/h3-8,13-21,26,38-40H,9-12,22-25,27-32H2,1-2H3/q+1. The molecule has 1 aliphatic carbocycles. The Morgan fingerprint density at radius 1 is 0.771 bits per heavy atom. The van der Waals surface area contributed by atoms with Gasteiger partial charge in [0.05, 0.1) is 6.42 Å². The first-order valence-corrected chi connectivity index (χ1v) is 18.7. The molecular weight excluding hydrogens is 589 g/mol. The van der Waals surface area contributed by atoms with E-state index < -0.39 is 0 Å². The van der Waals surface area contributed by atoms with E-state index in [1.165, 1.54) is 61.2 Å². The van der Waals surface area contributed by atoms with Crippen molar-refractivity contribution in [1.82, 2.24) is 14.7 Å². The van der Waals surface area contributed by atoms with E-state index in [0.29, 0.717) is 17.8 Å². The minimum absolute atomic E-state index is 0.0166. The van der Waals surface area contributed by atoms with Crippen molar-refractivity contribution in [2.45, 2.75) is 88.3 Å². The normalized spacial score (nSPS) is 28.7. The van der Waals surface area contributed by atoms with Crippen LogP contribution in [0, 0.1) is 5.92 Å². The summed E-state index contributed by atoms with van der Waals surface area (Å²) in [5.41, 5.74) is 6.47. The lowest BCUT2D eigenvalue weighted by atomic mass is 9.61. The van der Waals surface area contributed by atoms with Gasteiger partial charge in [-0.3, -0.25) is 9.69 Å². The summed E-state index contributed by atoms with van der Waals surface area (Å²) in [6.45, 7) is 11.9. The zero-order valence-electron chi connectivity index (χ0n) is 29.1. The second kappa shape index (κ2) is 13.0. The molecule has 0 N–H and O–H groups in total. The average Bonchev–Trinajstić information content (AvgIpc) is 3.81. The molecule has 0 radical (unpaired) electrons. The number of benzene rings is 3. The number of rotatable bonds is 7. The predicted octanol–water partition coefficient (Wildman–Crippen LogP) is 7.70. The summed E-state index contributed by atoms with van der Waals surface area (Å²) in [4.78, 5) is 22.2. The zero-order valence-corrected chi connectivity index (χ0v) is 29.1. The van der Waals surface area contributed by atoms with Gasteiger partial charge in [0.15, 0.2) is 18.3 Å². The van der Waals surface area contributed by atoms with Gasteiger partial charge in [-0.25, -0.2) is 4.58 Å². The summed E-state index contributed by atoms with van der Waals surface area (Å²) in [7, 11) is 0. The van der Waals surface area contributed by atoms with E-state index in [0.717, 1.165) is 57.5 Å². The van der Waals surface area contributed by atoms with Gasteiger partial charge in [-0.2, -0.15) is 0 Å². The van der Waals surface area contributed by atoms with Crippen molar-refractivity contribution in [2.24, 2.45) is 5.92 Å². The van der Waals surface area contributed by atoms with Gasteiger partial charge in [-0.15, -0.1) is 0 Å². The third kappa shape index (κ3) is 6.04. The zero-order chi connectivity index (χ0) is 32.7. The highest BCUT2D eigenvalue weighted by Crippen LogP contribution is 2.55. The molecule has 0 aromatic heterocycles. The van der Waals surface area contributed by atoms with Crippen molar-refractivity contribution >= 4 is 12.1 Å². The van der Waals surface area contributed by atoms with E-state index in [-0.39, 0.29) is 17.0 Å². The Balaban J connectivity index is 1.07. The number of amides is 1. The maximum Gasteiger partial charge on any atom is 0.253 e. The van der Waals surface area contributed by atoms with Crippen molar-refractivity contribution in [3.63, 3.8) is 0 Å². The molecule has 3 aromatic carbocycles. The molecule has 1 amide bonds. The lowest BCUT2D eigenvalue weighted by Gasteiger charge is -2.50. The van der Waals surface area contributed by atoms with Gasteiger partial charge < -0.3 is 9.80 Å². The van der Waals surface area contributed by atoms with E-state index in [1.807, 2.05) is 0 Å². The molecule has 9 rings (SSSR count). The van der Waals surface area contributed by atoms with Crippen molar-refractivity contribution in [3.05, 3.63) is 119 Å². The molecule has 5 heteroatoms. The maximum atomic E-state index is 14.6. The van der Waals surface area contributed by atoms with E-state index in [9.17, 15) is 4.79 Å². The number of carbonyl (C=O) groups excluding carboxylic acids is 1. The Hall–Kier alpha value is -3.70. The van der Waals surface area contributed by atoms with Gasteiger partial charge >= 0.3 is 0 Å². The molecule has 2 unspecified atom stereocenters. The van der Waals surface area contributed by atoms with Crippen LogP contribution in [-0.2, 0) is 6.54 Å². The average molecular weight is 642 g/mol. The topological polar surface area (TPSA) is 29.8 Å². The molecule has 48 heavy (non-hydrogen) atoms. The fraction of sp³-hybridized carbons (Fsp3) is 0.488. The molecule has 6 aliphatic rings. The van der Waals surface area contributed by atoms with Gasteiger partial charge in [0.2, 0.25) is 0 Å². The molecule has 5 fully saturated rings. The number of fused-ring (bicyclic) bond motifs is 4. The predicted molar refractivity (Wildman–Crippen MR) is 195 cm³/mol. The van der Waals surface area contributed by atoms with Crippen LogP contribution in [0.15, 0.2) is 96.7 Å². The molecule has 5 heterocycles. The number of carbonyl (C=O) groups is 1. The summed E-state index contributed by atoms with van der Waals surface area (Å²) in [5.74, 6) is 1.43. The van der Waals surface area contributed by atoms with Gasteiger partial charge in [0.1, 0.15) is 0 Å². The van der Waals surface area contributed by atoms with Crippen molar-refractivity contribution in [2.75, 3.05) is 39.3 Å². The van der Waals surface area contributed by atoms with Crippen LogP contribution >= 0.6 is 0 Å². The first-order chi connectivity index (χ1) is 23.4. The van der Waals surface area contributed by atoms with Crippen LogP contribution in [0.25, 0.3) is 0 Å². The van der Waals surface area contributed by atoms with Crippen molar-refractivity contribution in [1.29, 1.82) is 0 Å². The summed E-state index contributed by atoms with van der Waals surface area (Å²) >= 11 is 0. The molecule has 4 saturated heterocycles. The first-order valence-electron chi connectivity index (χ1n) is 18.7. The summed E-state index contributed by atoms with van der Waals surface area (Å²) in [6.07, 6.45) is 13.1. The molecule has 250 valence electrons. The van der Waals surface area contributed by atoms with Gasteiger partial charge in [0, 0.05) is 68.5 Å². The third-order valence-corrected chi connectivity index (χ3v) is 12.6. The molecule has 2 atom stereocenters. The van der Waals surface area contributed by atoms with Crippen LogP contribution < -0.4 is 0 Å². The first kappa shape index (κ1) is 31.6. The van der Waals surface area contributed by atoms with Crippen molar-refractivity contribution < 1.29 is 9.37 Å². The molecule has 5 nitrogen and oxygen atoms in total. The van der Waals surface area contributed by atoms with Crippen LogP contribution in [0.1, 0.15) is 97.7 Å². The second-order valence-electron chi connectivity index (χ2n) is 16.0. The maximum absolute atomic E-state index is 14.6. The Morgan fingerprint density at radius 2 is 1.35 bits per heavy atom. The van der Waals surface area contributed by atoms with E-state index >= 15 is 0 Å². The fourth-order valence-electron chi connectivity index (χ4n) is 9.98. The smallest absolute Gasteiger partial charge is 0.253 e. The van der Waals surface area contributed by atoms with E-state index in [2.05, 4.69) is 130 Å². The summed E-state index contributed by atoms with van der Waals surface area (Å²) < 4.78 is 2.48. The molecule has 2 bridgehead atoms. The Morgan fingerprint density at radius 3 is 1.94 bits per heavy atom. The lowest BCUT2D eigenvalue weighted by Crippen LogP contribution is -2.56. The van der Waals surface area contributed by atoms with Gasteiger partial charge in [-0.05, 0) is 92.6 Å². The molecule has 5 aliphatic heterocycles. The Kier molecular flexibility index (Phi) is 8.53. The quantitative estimate of drug-likeness (QED) is 0.248. The van der Waals surface area contributed by atoms with Crippen LogP contribution in [0.2, 0.25) is 0 Å². The number of likely N-dealkylation sites (tertiary alicyclic amines) is 2. The monoisotopic (exact) mass is 641 g/mol. The fourth-order valence-corrected chi connectivity index (χ4v) is 9.98. The Bertz CT molecular complexity index is 1600. The minimum atomic E-state index is -0.0166. The van der Waals surface area contributed by atoms with Crippen LogP contribution in [0.5, 0.6) is 0 Å². The van der Waals surface area contributed by atoms with Crippen LogP contribution in [-0.4, -0.2) is 81.7 Å². The molecule has 1 saturated carbocycles. The number of hydrogen-bond donors (Lipinski definition) is 0. The number of nitrogens with zero attached hydrogens (tertiary/aromatic N) is 4. The lowest BCUT2D eigenvalue weighted by molar-refractivity contribution is -0.612. The van der Waals surface area contributed by atoms with Crippen LogP contribution in [0.4, 0.5) is 0 Å². The molecule has 0 spiro atoms. The van der Waals surface area contributed by atoms with Crippen LogP contribution in [0.3, 0.4) is 0 Å². The molecular formula is C43H53N4O+. The molecule has 3 aromatic rings. The summed E-state index contributed by atoms with van der Waals surface area (Å²) in [6, 6.07) is 31.0. The largest absolute Gasteiger partial charge is 0.374 e. The highest BCUT2D eigenvalue weighted by Gasteiger charge is 2.54. The van der Waals surface area contributed by atoms with Gasteiger partial charge in [-0.1, -0.05) is 72.8 Å². The highest BCUT2D eigenvalue weighted by atomic mass is 16.2. The van der Waals surface area contributed by atoms with E-state index in [4.69, 9.17) is 0 Å². The number of allylic oxidation sites excluding steroid dienone is 1. The summed E-state index contributed by atoms with van der Waals surface area (Å²) in [5, 5.41) is 0. The third-order valence-electron chi connectivity index (χ3n) is 12.6. The van der Waals surface area contributed by atoms with Crippen molar-refractivity contribution in [3.8, 4) is 0 Å². The van der Waals surface area contributed by atoms with E-state index in [1.54, 1.807) is 0 Å².